The molecule has 0 bridgehead atoms. The predicted molar refractivity (Wildman–Crippen MR) is 73.8 cm³/mol. The van der Waals surface area contributed by atoms with E-state index in [0.717, 1.165) is 25.9 Å². The van der Waals surface area contributed by atoms with Crippen LogP contribution in [0.4, 0.5) is 5.69 Å². The van der Waals surface area contributed by atoms with Crippen molar-refractivity contribution in [3.8, 4) is 11.5 Å². The molecule has 1 aliphatic rings. The second kappa shape index (κ2) is 6.43. The van der Waals surface area contributed by atoms with Crippen LogP contribution in [0.2, 0.25) is 0 Å². The van der Waals surface area contributed by atoms with Crippen LogP contribution < -0.4 is 20.1 Å². The Morgan fingerprint density at radius 3 is 2.84 bits per heavy atom. The molecular formula is C14H20N2O3. The van der Waals surface area contributed by atoms with Crippen molar-refractivity contribution in [3.63, 3.8) is 0 Å². The number of rotatable bonds is 4. The monoisotopic (exact) mass is 264 g/mol. The highest BCUT2D eigenvalue weighted by molar-refractivity contribution is 5.94. The molecule has 0 aromatic heterocycles. The van der Waals surface area contributed by atoms with Crippen LogP contribution >= 0.6 is 0 Å². The molecule has 1 aliphatic heterocycles. The zero-order valence-electron chi connectivity index (χ0n) is 11.4. The van der Waals surface area contributed by atoms with Gasteiger partial charge in [-0.25, -0.2) is 0 Å². The van der Waals surface area contributed by atoms with Crippen molar-refractivity contribution in [1.29, 1.82) is 0 Å². The average Bonchev–Trinajstić information content (AvgIpc) is 2.48. The molecule has 0 spiro atoms. The van der Waals surface area contributed by atoms with Gasteiger partial charge in [0, 0.05) is 12.6 Å². The topological polar surface area (TPSA) is 59.6 Å². The molecule has 1 aromatic rings. The molecular weight excluding hydrogens is 244 g/mol. The van der Waals surface area contributed by atoms with Gasteiger partial charge < -0.3 is 20.1 Å². The molecule has 19 heavy (non-hydrogen) atoms. The Kier molecular flexibility index (Phi) is 4.63. The van der Waals surface area contributed by atoms with Gasteiger partial charge in [-0.1, -0.05) is 0 Å². The van der Waals surface area contributed by atoms with Crippen molar-refractivity contribution in [3.05, 3.63) is 18.2 Å². The standard InChI is InChI=1S/C14H20N2O3/c1-18-11-5-6-13(19-2)12(8-11)16-14(17)10-4-3-7-15-9-10/h5-6,8,10,15H,3-4,7,9H2,1-2H3,(H,16,17)/t10-/m1/s1. The van der Waals surface area contributed by atoms with E-state index >= 15 is 0 Å². The van der Waals surface area contributed by atoms with Gasteiger partial charge in [-0.05, 0) is 31.5 Å². The zero-order chi connectivity index (χ0) is 13.7. The molecule has 0 radical (unpaired) electrons. The first-order valence-electron chi connectivity index (χ1n) is 6.48. The van der Waals surface area contributed by atoms with Crippen LogP contribution in [0.1, 0.15) is 12.8 Å². The predicted octanol–water partition coefficient (Wildman–Crippen LogP) is 1.64. The van der Waals surface area contributed by atoms with Crippen molar-refractivity contribution < 1.29 is 14.3 Å². The third-order valence-corrected chi connectivity index (χ3v) is 3.33. The summed E-state index contributed by atoms with van der Waals surface area (Å²) < 4.78 is 10.4. The second-order valence-corrected chi connectivity index (χ2v) is 4.60. The number of anilines is 1. The lowest BCUT2D eigenvalue weighted by molar-refractivity contribution is -0.120. The Bertz CT molecular complexity index is 442. The number of hydrogen-bond donors (Lipinski definition) is 2. The molecule has 1 heterocycles. The van der Waals surface area contributed by atoms with E-state index in [-0.39, 0.29) is 11.8 Å². The van der Waals surface area contributed by atoms with Gasteiger partial charge in [0.15, 0.2) is 0 Å². The van der Waals surface area contributed by atoms with Crippen molar-refractivity contribution >= 4 is 11.6 Å². The molecule has 104 valence electrons. The van der Waals surface area contributed by atoms with Crippen LogP contribution in [-0.4, -0.2) is 33.2 Å². The minimum absolute atomic E-state index is 0.0182. The van der Waals surface area contributed by atoms with Crippen LogP contribution in [0.3, 0.4) is 0 Å². The molecule has 0 aliphatic carbocycles. The van der Waals surface area contributed by atoms with Gasteiger partial charge in [0.2, 0.25) is 5.91 Å². The molecule has 2 N–H and O–H groups in total. The molecule has 5 heteroatoms. The maximum absolute atomic E-state index is 12.2. The van der Waals surface area contributed by atoms with Gasteiger partial charge in [-0.15, -0.1) is 0 Å². The van der Waals surface area contributed by atoms with E-state index in [1.807, 2.05) is 0 Å². The summed E-state index contributed by atoms with van der Waals surface area (Å²) in [6, 6.07) is 5.36. The average molecular weight is 264 g/mol. The Morgan fingerprint density at radius 2 is 2.21 bits per heavy atom. The lowest BCUT2D eigenvalue weighted by atomic mass is 9.99. The van der Waals surface area contributed by atoms with Gasteiger partial charge in [0.05, 0.1) is 25.8 Å². The number of hydrogen-bond acceptors (Lipinski definition) is 4. The van der Waals surface area contributed by atoms with Crippen molar-refractivity contribution in [2.45, 2.75) is 12.8 Å². The number of nitrogens with one attached hydrogen (secondary N) is 2. The second-order valence-electron chi connectivity index (χ2n) is 4.60. The van der Waals surface area contributed by atoms with Gasteiger partial charge in [0.25, 0.3) is 0 Å². The zero-order valence-corrected chi connectivity index (χ0v) is 11.4. The number of carbonyl (C=O) groups is 1. The maximum Gasteiger partial charge on any atom is 0.228 e. The highest BCUT2D eigenvalue weighted by Gasteiger charge is 2.21. The minimum atomic E-state index is 0.0182. The fourth-order valence-corrected chi connectivity index (χ4v) is 2.22. The molecule has 1 fully saturated rings. The number of ether oxygens (including phenoxy) is 2. The first-order chi connectivity index (χ1) is 9.24. The highest BCUT2D eigenvalue weighted by atomic mass is 16.5. The van der Waals surface area contributed by atoms with Crippen LogP contribution in [0.5, 0.6) is 11.5 Å². The lowest BCUT2D eigenvalue weighted by Gasteiger charge is -2.22. The summed E-state index contributed by atoms with van der Waals surface area (Å²) in [5.41, 5.74) is 0.650. The molecule has 1 amide bonds. The molecule has 2 rings (SSSR count). The van der Waals surface area contributed by atoms with E-state index in [9.17, 15) is 4.79 Å². The van der Waals surface area contributed by atoms with Gasteiger partial charge in [-0.2, -0.15) is 0 Å². The fraction of sp³-hybridized carbons (Fsp3) is 0.500. The first-order valence-corrected chi connectivity index (χ1v) is 6.48. The third kappa shape index (κ3) is 3.38. The Hall–Kier alpha value is -1.75. The van der Waals surface area contributed by atoms with E-state index in [1.165, 1.54) is 0 Å². The molecule has 1 saturated heterocycles. The summed E-state index contributed by atoms with van der Waals surface area (Å²) in [5.74, 6) is 1.37. The van der Waals surface area contributed by atoms with Gasteiger partial charge >= 0.3 is 0 Å². The number of carbonyl (C=O) groups excluding carboxylic acids is 1. The van der Waals surface area contributed by atoms with E-state index in [4.69, 9.17) is 9.47 Å². The van der Waals surface area contributed by atoms with Crippen LogP contribution in [0.15, 0.2) is 18.2 Å². The van der Waals surface area contributed by atoms with E-state index in [0.29, 0.717) is 17.2 Å². The highest BCUT2D eigenvalue weighted by Crippen LogP contribution is 2.29. The summed E-state index contributed by atoms with van der Waals surface area (Å²) in [4.78, 5) is 12.2. The first kappa shape index (κ1) is 13.7. The van der Waals surface area contributed by atoms with Crippen LogP contribution in [-0.2, 0) is 4.79 Å². The number of amides is 1. The number of piperidine rings is 1. The summed E-state index contributed by atoms with van der Waals surface area (Å²) in [6.45, 7) is 1.73. The lowest BCUT2D eigenvalue weighted by Crippen LogP contribution is -2.37. The quantitative estimate of drug-likeness (QED) is 0.868. The smallest absolute Gasteiger partial charge is 0.228 e. The summed E-state index contributed by atoms with van der Waals surface area (Å²) in [6.07, 6.45) is 1.96. The minimum Gasteiger partial charge on any atom is -0.497 e. The van der Waals surface area contributed by atoms with Crippen LogP contribution in [0, 0.1) is 5.92 Å². The van der Waals surface area contributed by atoms with E-state index in [2.05, 4.69) is 10.6 Å². The SMILES string of the molecule is COc1ccc(OC)c(NC(=O)[C@@H]2CCCNC2)c1. The summed E-state index contributed by atoms with van der Waals surface area (Å²) >= 11 is 0. The Balaban J connectivity index is 2.10. The maximum atomic E-state index is 12.2. The molecule has 0 unspecified atom stereocenters. The van der Waals surface area contributed by atoms with Crippen molar-refractivity contribution in [1.82, 2.24) is 5.32 Å². The van der Waals surface area contributed by atoms with Gasteiger partial charge in [0.1, 0.15) is 11.5 Å². The molecule has 1 atom stereocenters. The summed E-state index contributed by atoms with van der Waals surface area (Å²) in [7, 11) is 3.18. The van der Waals surface area contributed by atoms with E-state index < -0.39 is 0 Å². The molecule has 1 aromatic carbocycles. The summed E-state index contributed by atoms with van der Waals surface area (Å²) in [5, 5.41) is 6.16. The number of benzene rings is 1. The molecule has 0 saturated carbocycles. The Labute approximate surface area is 113 Å². The van der Waals surface area contributed by atoms with Crippen molar-refractivity contribution in [2.24, 2.45) is 5.92 Å². The Morgan fingerprint density at radius 1 is 1.37 bits per heavy atom. The van der Waals surface area contributed by atoms with Gasteiger partial charge in [-0.3, -0.25) is 4.79 Å². The third-order valence-electron chi connectivity index (χ3n) is 3.33. The fourth-order valence-electron chi connectivity index (χ4n) is 2.22. The molecule has 5 nitrogen and oxygen atoms in total. The van der Waals surface area contributed by atoms with E-state index in [1.54, 1.807) is 32.4 Å². The van der Waals surface area contributed by atoms with Crippen molar-refractivity contribution in [2.75, 3.05) is 32.6 Å². The number of methoxy groups -OCH3 is 2. The van der Waals surface area contributed by atoms with Crippen LogP contribution in [0.25, 0.3) is 0 Å². The normalized spacial score (nSPS) is 18.7. The largest absolute Gasteiger partial charge is 0.497 e.